The molecular formula is C29H35F3O4. The molecule has 7 heteroatoms. The maximum atomic E-state index is 14.9. The highest BCUT2D eigenvalue weighted by Crippen LogP contribution is 2.39. The summed E-state index contributed by atoms with van der Waals surface area (Å²) in [5.41, 5.74) is 0.508. The first-order chi connectivity index (χ1) is 17.3. The number of carbonyl (C=O) groups excluding carboxylic acids is 1. The van der Waals surface area contributed by atoms with E-state index in [-0.39, 0.29) is 29.1 Å². The average Bonchev–Trinajstić information content (AvgIpc) is 2.86. The van der Waals surface area contributed by atoms with Crippen molar-refractivity contribution in [1.82, 2.24) is 0 Å². The van der Waals surface area contributed by atoms with Crippen molar-refractivity contribution in [3.63, 3.8) is 0 Å². The Morgan fingerprint density at radius 2 is 1.53 bits per heavy atom. The van der Waals surface area contributed by atoms with Gasteiger partial charge in [0.05, 0.1) is 18.3 Å². The molecule has 2 saturated carbocycles. The molecule has 0 amide bonds. The summed E-state index contributed by atoms with van der Waals surface area (Å²) in [6.07, 6.45) is 4.36. The molecule has 2 aromatic carbocycles. The third-order valence-electron chi connectivity index (χ3n) is 7.90. The van der Waals surface area contributed by atoms with E-state index in [9.17, 15) is 23.1 Å². The van der Waals surface area contributed by atoms with E-state index in [1.54, 1.807) is 19.1 Å². The fourth-order valence-electron chi connectivity index (χ4n) is 5.75. The van der Waals surface area contributed by atoms with Crippen LogP contribution < -0.4 is 4.74 Å². The molecule has 2 fully saturated rings. The number of halogens is 3. The number of rotatable bonds is 7. The quantitative estimate of drug-likeness (QED) is 0.411. The highest BCUT2D eigenvalue weighted by atomic mass is 19.2. The molecule has 0 spiro atoms. The van der Waals surface area contributed by atoms with Crippen LogP contribution >= 0.6 is 0 Å². The van der Waals surface area contributed by atoms with Crippen molar-refractivity contribution in [2.45, 2.75) is 89.3 Å². The van der Waals surface area contributed by atoms with Crippen LogP contribution in [0.15, 0.2) is 30.3 Å². The lowest BCUT2D eigenvalue weighted by atomic mass is 9.76. The van der Waals surface area contributed by atoms with Gasteiger partial charge in [-0.05, 0) is 106 Å². The van der Waals surface area contributed by atoms with Crippen molar-refractivity contribution < 1.29 is 32.5 Å². The molecule has 4 rings (SSSR count). The van der Waals surface area contributed by atoms with Crippen LogP contribution in [0.3, 0.4) is 0 Å². The third-order valence-corrected chi connectivity index (χ3v) is 7.90. The lowest BCUT2D eigenvalue weighted by Crippen LogP contribution is -2.25. The zero-order valence-electron chi connectivity index (χ0n) is 20.9. The Hall–Kier alpha value is -2.54. The number of ether oxygens (including phenoxy) is 2. The van der Waals surface area contributed by atoms with Gasteiger partial charge in [0.15, 0.2) is 11.6 Å². The molecule has 196 valence electrons. The summed E-state index contributed by atoms with van der Waals surface area (Å²) in [5, 5.41) is 9.77. The first-order valence-electron chi connectivity index (χ1n) is 13.1. The van der Waals surface area contributed by atoms with Gasteiger partial charge in [-0.25, -0.2) is 18.0 Å². The van der Waals surface area contributed by atoms with Crippen LogP contribution in [0.25, 0.3) is 0 Å². The number of benzene rings is 2. The molecule has 1 N–H and O–H groups in total. The molecule has 0 radical (unpaired) electrons. The zero-order valence-corrected chi connectivity index (χ0v) is 20.9. The average molecular weight is 505 g/mol. The molecule has 0 aromatic heterocycles. The molecular weight excluding hydrogens is 469 g/mol. The highest BCUT2D eigenvalue weighted by Gasteiger charge is 2.31. The monoisotopic (exact) mass is 504 g/mol. The number of aliphatic hydroxyl groups excluding tert-OH is 1. The third kappa shape index (κ3) is 5.88. The topological polar surface area (TPSA) is 55.8 Å². The maximum absolute atomic E-state index is 14.9. The van der Waals surface area contributed by atoms with Crippen molar-refractivity contribution in [3.05, 3.63) is 64.5 Å². The van der Waals surface area contributed by atoms with Gasteiger partial charge in [0.1, 0.15) is 17.7 Å². The summed E-state index contributed by atoms with van der Waals surface area (Å²) in [6, 6.07) is 7.71. The van der Waals surface area contributed by atoms with E-state index in [0.717, 1.165) is 12.8 Å². The highest BCUT2D eigenvalue weighted by molar-refractivity contribution is 5.90. The molecule has 2 aliphatic rings. The zero-order chi connectivity index (χ0) is 25.8. The Labute approximate surface area is 210 Å². The number of hydrogen-bond acceptors (Lipinski definition) is 4. The molecule has 0 bridgehead atoms. The Morgan fingerprint density at radius 3 is 2.14 bits per heavy atom. The number of esters is 1. The smallest absolute Gasteiger partial charge is 0.341 e. The number of carbonyl (C=O) groups is 1. The van der Waals surface area contributed by atoms with Crippen LogP contribution in [-0.2, 0) is 4.74 Å². The minimum atomic E-state index is -1.17. The molecule has 0 saturated heterocycles. The van der Waals surface area contributed by atoms with Gasteiger partial charge in [-0.15, -0.1) is 0 Å². The summed E-state index contributed by atoms with van der Waals surface area (Å²) < 4.78 is 55.2. The Kier molecular flexibility index (Phi) is 8.60. The molecule has 36 heavy (non-hydrogen) atoms. The maximum Gasteiger partial charge on any atom is 0.341 e. The Balaban J connectivity index is 1.34. The first-order valence-corrected chi connectivity index (χ1v) is 13.1. The second-order valence-electron chi connectivity index (χ2n) is 10.2. The van der Waals surface area contributed by atoms with E-state index in [4.69, 9.17) is 9.47 Å². The van der Waals surface area contributed by atoms with Gasteiger partial charge in [-0.2, -0.15) is 0 Å². The predicted octanol–water partition coefficient (Wildman–Crippen LogP) is 7.04. The van der Waals surface area contributed by atoms with Gasteiger partial charge in [0, 0.05) is 6.07 Å². The van der Waals surface area contributed by atoms with Gasteiger partial charge in [-0.1, -0.05) is 12.1 Å². The van der Waals surface area contributed by atoms with Gasteiger partial charge >= 0.3 is 5.97 Å². The molecule has 2 aromatic rings. The van der Waals surface area contributed by atoms with Gasteiger partial charge in [0.2, 0.25) is 0 Å². The van der Waals surface area contributed by atoms with Crippen molar-refractivity contribution >= 4 is 5.97 Å². The van der Waals surface area contributed by atoms with Crippen LogP contribution in [0.1, 0.15) is 98.5 Å². The fraction of sp³-hybridized carbons (Fsp3) is 0.552. The predicted molar refractivity (Wildman–Crippen MR) is 131 cm³/mol. The van der Waals surface area contributed by atoms with E-state index in [2.05, 4.69) is 0 Å². The van der Waals surface area contributed by atoms with Crippen LogP contribution in [-0.4, -0.2) is 29.9 Å². The number of aliphatic hydroxyl groups is 1. The van der Waals surface area contributed by atoms with Gasteiger partial charge < -0.3 is 14.6 Å². The molecule has 2 aliphatic carbocycles. The normalized spacial score (nSPS) is 25.3. The SMILES string of the molecule is CCOc1ccc(C2CCC(OC(=O)c3ccc(C4CCC(C(C)O)CC4)c(F)c3F)CC2)c(F)c1. The molecule has 1 unspecified atom stereocenters. The summed E-state index contributed by atoms with van der Waals surface area (Å²) >= 11 is 0. The standard InChI is InChI=1S/C29H35F3O4/c1-3-35-22-12-13-23(26(30)16-22)19-8-10-21(11-9-19)36-29(34)25-15-14-24(27(31)28(25)32)20-6-4-18(5-7-20)17(2)33/h12-21,33H,3-11H2,1-2H3. The Bertz CT molecular complexity index is 1050. The van der Waals surface area contributed by atoms with Crippen LogP contribution in [0.4, 0.5) is 13.2 Å². The second kappa shape index (κ2) is 11.7. The van der Waals surface area contributed by atoms with Crippen LogP contribution in [0, 0.1) is 23.4 Å². The van der Waals surface area contributed by atoms with E-state index in [1.807, 2.05) is 6.92 Å². The van der Waals surface area contributed by atoms with Crippen LogP contribution in [0.2, 0.25) is 0 Å². The second-order valence-corrected chi connectivity index (χ2v) is 10.2. The van der Waals surface area contributed by atoms with E-state index < -0.39 is 35.4 Å². The van der Waals surface area contributed by atoms with Crippen molar-refractivity contribution in [2.75, 3.05) is 6.61 Å². The first kappa shape index (κ1) is 26.5. The van der Waals surface area contributed by atoms with Crippen molar-refractivity contribution in [3.8, 4) is 5.75 Å². The fourth-order valence-corrected chi connectivity index (χ4v) is 5.75. The summed E-state index contributed by atoms with van der Waals surface area (Å²) in [6.45, 7) is 4.07. The summed E-state index contributed by atoms with van der Waals surface area (Å²) in [7, 11) is 0. The van der Waals surface area contributed by atoms with Crippen molar-refractivity contribution in [2.24, 2.45) is 5.92 Å². The lowest BCUT2D eigenvalue weighted by Gasteiger charge is -2.31. The van der Waals surface area contributed by atoms with E-state index in [0.29, 0.717) is 56.4 Å². The minimum absolute atomic E-state index is 0.00741. The van der Waals surface area contributed by atoms with E-state index >= 15 is 0 Å². The minimum Gasteiger partial charge on any atom is -0.494 e. The largest absolute Gasteiger partial charge is 0.494 e. The number of hydrogen-bond donors (Lipinski definition) is 1. The van der Waals surface area contributed by atoms with E-state index in [1.165, 1.54) is 18.2 Å². The van der Waals surface area contributed by atoms with Gasteiger partial charge in [-0.3, -0.25) is 0 Å². The molecule has 4 nitrogen and oxygen atoms in total. The molecule has 0 aliphatic heterocycles. The summed E-state index contributed by atoms with van der Waals surface area (Å²) in [4.78, 5) is 12.7. The van der Waals surface area contributed by atoms with Crippen LogP contribution in [0.5, 0.6) is 5.75 Å². The molecule has 1 atom stereocenters. The summed E-state index contributed by atoms with van der Waals surface area (Å²) in [5.74, 6) is -2.77. The lowest BCUT2D eigenvalue weighted by molar-refractivity contribution is 0.0188. The van der Waals surface area contributed by atoms with Crippen molar-refractivity contribution in [1.29, 1.82) is 0 Å². The van der Waals surface area contributed by atoms with Gasteiger partial charge in [0.25, 0.3) is 0 Å². The Morgan fingerprint density at radius 1 is 0.917 bits per heavy atom. The molecule has 0 heterocycles.